The fraction of sp³-hybridized carbons (Fsp3) is 0.133. The van der Waals surface area contributed by atoms with Gasteiger partial charge >= 0.3 is 5.97 Å². The first-order valence-electron chi connectivity index (χ1n) is 12.2. The van der Waals surface area contributed by atoms with Gasteiger partial charge in [0.1, 0.15) is 6.54 Å². The summed E-state index contributed by atoms with van der Waals surface area (Å²) >= 11 is 0.800. The summed E-state index contributed by atoms with van der Waals surface area (Å²) in [4.78, 5) is 50.9. The Kier molecular flexibility index (Phi) is 7.08. The number of carbonyl (C=O) groups excluding carboxylic acids is 3. The Bertz CT molecular complexity index is 1690. The number of aromatic nitrogens is 1. The van der Waals surface area contributed by atoms with Crippen LogP contribution in [0.5, 0.6) is 0 Å². The number of aryl methyl sites for hydroxylation is 2. The second-order valence-electron chi connectivity index (χ2n) is 9.35. The molecule has 2 heterocycles. The van der Waals surface area contributed by atoms with Crippen LogP contribution in [0.4, 0.5) is 10.5 Å². The number of hydrogen-bond donors (Lipinski definition) is 2. The molecule has 1 aliphatic heterocycles. The fourth-order valence-electron chi connectivity index (χ4n) is 4.46. The molecule has 0 saturated carbocycles. The number of para-hydroxylation sites is 1. The lowest BCUT2D eigenvalue weighted by Gasteiger charge is -2.13. The quantitative estimate of drug-likeness (QED) is 0.293. The Labute approximate surface area is 228 Å². The van der Waals surface area contributed by atoms with Gasteiger partial charge in [0, 0.05) is 34.9 Å². The number of carbonyl (C=O) groups is 4. The van der Waals surface area contributed by atoms with Crippen molar-refractivity contribution in [1.82, 2.24) is 9.47 Å². The number of carboxylic acid groups (broad SMARTS) is 1. The van der Waals surface area contributed by atoms with Crippen molar-refractivity contribution in [3.8, 4) is 0 Å². The summed E-state index contributed by atoms with van der Waals surface area (Å²) in [5.41, 5.74) is 5.39. The van der Waals surface area contributed by atoms with E-state index in [1.165, 1.54) is 0 Å². The van der Waals surface area contributed by atoms with E-state index in [9.17, 15) is 24.3 Å². The van der Waals surface area contributed by atoms with Crippen molar-refractivity contribution in [2.24, 2.45) is 0 Å². The highest BCUT2D eigenvalue weighted by molar-refractivity contribution is 8.18. The van der Waals surface area contributed by atoms with Gasteiger partial charge in [0.2, 0.25) is 5.91 Å². The lowest BCUT2D eigenvalue weighted by molar-refractivity contribution is -0.127. The predicted octanol–water partition coefficient (Wildman–Crippen LogP) is 5.68. The van der Waals surface area contributed by atoms with Gasteiger partial charge < -0.3 is 15.0 Å². The van der Waals surface area contributed by atoms with Crippen molar-refractivity contribution < 1.29 is 24.3 Å². The maximum absolute atomic E-state index is 13.1. The van der Waals surface area contributed by atoms with Gasteiger partial charge in [0.25, 0.3) is 11.1 Å². The van der Waals surface area contributed by atoms with Crippen LogP contribution in [0.1, 0.15) is 32.6 Å². The number of imide groups is 1. The molecule has 5 rings (SSSR count). The number of amides is 3. The SMILES string of the molecule is Cc1ccc(NC(=O)CN2C(=O)S/C(=C/c3cn(Cc4cccc(C(=O)O)c4)c4ccccc34)C2=O)cc1C. The standard InChI is InChI=1S/C30H25N3O5S/c1-18-10-11-23(12-19(18)2)31-27(34)17-33-28(35)26(39-30(33)38)14-22-16-32(25-9-4-3-8-24(22)25)15-20-6-5-7-21(13-20)29(36)37/h3-14,16H,15,17H2,1-2H3,(H,31,34)(H,36,37)/b26-14+. The Hall–Kier alpha value is -4.63. The Balaban J connectivity index is 1.37. The van der Waals surface area contributed by atoms with Gasteiger partial charge in [0.05, 0.1) is 10.5 Å². The second kappa shape index (κ2) is 10.6. The molecule has 0 spiro atoms. The van der Waals surface area contributed by atoms with Gasteiger partial charge in [-0.05, 0) is 78.7 Å². The van der Waals surface area contributed by atoms with E-state index in [0.717, 1.165) is 49.8 Å². The van der Waals surface area contributed by atoms with Crippen molar-refractivity contribution >= 4 is 57.5 Å². The highest BCUT2D eigenvalue weighted by Gasteiger charge is 2.36. The highest BCUT2D eigenvalue weighted by atomic mass is 32.2. The van der Waals surface area contributed by atoms with Gasteiger partial charge in [0.15, 0.2) is 0 Å². The van der Waals surface area contributed by atoms with E-state index in [2.05, 4.69) is 5.32 Å². The van der Waals surface area contributed by atoms with Crippen LogP contribution in [-0.2, 0) is 16.1 Å². The van der Waals surface area contributed by atoms with Gasteiger partial charge in [-0.3, -0.25) is 19.3 Å². The van der Waals surface area contributed by atoms with Crippen LogP contribution in [0.15, 0.2) is 77.8 Å². The molecule has 39 heavy (non-hydrogen) atoms. The molecule has 1 aromatic heterocycles. The summed E-state index contributed by atoms with van der Waals surface area (Å²) in [6.45, 7) is 3.96. The van der Waals surface area contributed by atoms with Crippen LogP contribution in [0.3, 0.4) is 0 Å². The first-order valence-corrected chi connectivity index (χ1v) is 13.0. The minimum Gasteiger partial charge on any atom is -0.478 e. The number of rotatable bonds is 7. The largest absolute Gasteiger partial charge is 0.478 e. The Morgan fingerprint density at radius 2 is 1.77 bits per heavy atom. The molecule has 3 amide bonds. The fourth-order valence-corrected chi connectivity index (χ4v) is 5.29. The molecule has 1 saturated heterocycles. The van der Waals surface area contributed by atoms with Crippen LogP contribution in [0, 0.1) is 13.8 Å². The normalized spacial score (nSPS) is 14.4. The number of hydrogen-bond acceptors (Lipinski definition) is 5. The van der Waals surface area contributed by atoms with Gasteiger partial charge in [-0.1, -0.05) is 36.4 Å². The van der Waals surface area contributed by atoms with Crippen LogP contribution in [0.25, 0.3) is 17.0 Å². The molecule has 2 N–H and O–H groups in total. The molecule has 0 aliphatic carbocycles. The lowest BCUT2D eigenvalue weighted by atomic mass is 10.1. The molecular weight excluding hydrogens is 514 g/mol. The molecule has 0 bridgehead atoms. The summed E-state index contributed by atoms with van der Waals surface area (Å²) in [6.07, 6.45) is 3.54. The number of fused-ring (bicyclic) bond motifs is 1. The van der Waals surface area contributed by atoms with Crippen molar-refractivity contribution in [1.29, 1.82) is 0 Å². The molecule has 8 nitrogen and oxygen atoms in total. The van der Waals surface area contributed by atoms with Crippen LogP contribution in [-0.4, -0.2) is 44.1 Å². The van der Waals surface area contributed by atoms with E-state index in [4.69, 9.17) is 0 Å². The summed E-state index contributed by atoms with van der Waals surface area (Å²) in [5.74, 6) is -1.97. The summed E-state index contributed by atoms with van der Waals surface area (Å²) in [7, 11) is 0. The van der Waals surface area contributed by atoms with Gasteiger partial charge in [-0.2, -0.15) is 0 Å². The first-order chi connectivity index (χ1) is 18.7. The molecule has 0 atom stereocenters. The number of aromatic carboxylic acids is 1. The Morgan fingerprint density at radius 3 is 2.54 bits per heavy atom. The second-order valence-corrected chi connectivity index (χ2v) is 10.3. The van der Waals surface area contributed by atoms with Crippen LogP contribution >= 0.6 is 11.8 Å². The van der Waals surface area contributed by atoms with E-state index in [1.807, 2.05) is 67.1 Å². The van der Waals surface area contributed by atoms with Crippen LogP contribution in [0.2, 0.25) is 0 Å². The van der Waals surface area contributed by atoms with E-state index in [-0.39, 0.29) is 17.0 Å². The zero-order valence-corrected chi connectivity index (χ0v) is 22.1. The van der Waals surface area contributed by atoms with Crippen molar-refractivity contribution in [2.45, 2.75) is 20.4 Å². The number of carboxylic acids is 1. The molecule has 0 unspecified atom stereocenters. The molecule has 3 aromatic carbocycles. The molecular formula is C30H25N3O5S. The summed E-state index contributed by atoms with van der Waals surface area (Å²) in [5, 5.41) is 12.4. The topological polar surface area (TPSA) is 109 Å². The predicted molar refractivity (Wildman–Crippen MR) is 152 cm³/mol. The highest BCUT2D eigenvalue weighted by Crippen LogP contribution is 2.34. The molecule has 0 radical (unpaired) electrons. The van der Waals surface area contributed by atoms with E-state index >= 15 is 0 Å². The average molecular weight is 540 g/mol. The molecule has 4 aromatic rings. The zero-order chi connectivity index (χ0) is 27.7. The number of benzene rings is 3. The van der Waals surface area contributed by atoms with Crippen LogP contribution < -0.4 is 5.32 Å². The van der Waals surface area contributed by atoms with E-state index < -0.39 is 23.0 Å². The smallest absolute Gasteiger partial charge is 0.335 e. The third-order valence-corrected chi connectivity index (χ3v) is 7.51. The molecule has 196 valence electrons. The van der Waals surface area contributed by atoms with Gasteiger partial charge in [-0.25, -0.2) is 4.79 Å². The minimum atomic E-state index is -0.992. The third kappa shape index (κ3) is 5.49. The maximum Gasteiger partial charge on any atom is 0.335 e. The van der Waals surface area contributed by atoms with Crippen molar-refractivity contribution in [3.63, 3.8) is 0 Å². The number of anilines is 1. The van der Waals surface area contributed by atoms with Crippen molar-refractivity contribution in [2.75, 3.05) is 11.9 Å². The minimum absolute atomic E-state index is 0.208. The number of nitrogens with zero attached hydrogens (tertiary/aromatic N) is 2. The van der Waals surface area contributed by atoms with Crippen molar-refractivity contribution in [3.05, 3.63) is 106 Å². The molecule has 9 heteroatoms. The average Bonchev–Trinajstić information content (AvgIpc) is 3.38. The Morgan fingerprint density at radius 1 is 0.974 bits per heavy atom. The number of nitrogens with one attached hydrogen (secondary N) is 1. The maximum atomic E-state index is 13.1. The lowest BCUT2D eigenvalue weighted by Crippen LogP contribution is -2.36. The zero-order valence-electron chi connectivity index (χ0n) is 21.3. The molecule has 1 aliphatic rings. The van der Waals surface area contributed by atoms with Gasteiger partial charge in [-0.15, -0.1) is 0 Å². The number of thioether (sulfide) groups is 1. The summed E-state index contributed by atoms with van der Waals surface area (Å²) in [6, 6.07) is 19.9. The monoisotopic (exact) mass is 539 g/mol. The first kappa shape index (κ1) is 26.0. The van der Waals surface area contributed by atoms with E-state index in [1.54, 1.807) is 30.3 Å². The van der Waals surface area contributed by atoms with E-state index in [0.29, 0.717) is 12.2 Å². The summed E-state index contributed by atoms with van der Waals surface area (Å²) < 4.78 is 1.98. The third-order valence-electron chi connectivity index (χ3n) is 6.60. The molecule has 1 fully saturated rings.